The molecule has 0 fully saturated rings. The first-order chi connectivity index (χ1) is 9.63. The molecule has 0 spiro atoms. The fourth-order valence-electron chi connectivity index (χ4n) is 2.27. The molecule has 0 saturated carbocycles. The van der Waals surface area contributed by atoms with Gasteiger partial charge in [-0.3, -0.25) is 0 Å². The summed E-state index contributed by atoms with van der Waals surface area (Å²) in [6, 6.07) is 6.36. The molecule has 2 N–H and O–H groups in total. The molecule has 5 nitrogen and oxygen atoms in total. The summed E-state index contributed by atoms with van der Waals surface area (Å²) in [5.74, 6) is 4.41. The number of fused-ring (bicyclic) bond motifs is 1. The molecule has 1 heterocycles. The van der Waals surface area contributed by atoms with E-state index in [0.717, 1.165) is 11.1 Å². The molecule has 0 bridgehead atoms. The van der Waals surface area contributed by atoms with Gasteiger partial charge in [-0.2, -0.15) is 0 Å². The SMILES string of the molecule is CC#CCNC(=O)N1Cc2ccccc2C[C@H]1C(=O)O. The van der Waals surface area contributed by atoms with Crippen molar-refractivity contribution in [2.24, 2.45) is 0 Å². The molecule has 1 aliphatic heterocycles. The Morgan fingerprint density at radius 2 is 2.10 bits per heavy atom. The highest BCUT2D eigenvalue weighted by atomic mass is 16.4. The van der Waals surface area contributed by atoms with Crippen molar-refractivity contribution >= 4 is 12.0 Å². The molecule has 0 unspecified atom stereocenters. The van der Waals surface area contributed by atoms with Gasteiger partial charge in [-0.25, -0.2) is 9.59 Å². The molecule has 1 aromatic rings. The van der Waals surface area contributed by atoms with Gasteiger partial charge in [0.05, 0.1) is 6.54 Å². The number of hydrogen-bond donors (Lipinski definition) is 2. The summed E-state index contributed by atoms with van der Waals surface area (Å²) in [5, 5.41) is 11.9. The predicted octanol–water partition coefficient (Wildman–Crippen LogP) is 1.23. The van der Waals surface area contributed by atoms with Gasteiger partial charge in [-0.15, -0.1) is 5.92 Å². The Bertz CT molecular complexity index is 586. The third-order valence-electron chi connectivity index (χ3n) is 3.30. The fourth-order valence-corrected chi connectivity index (χ4v) is 2.27. The maximum Gasteiger partial charge on any atom is 0.326 e. The van der Waals surface area contributed by atoms with E-state index in [1.165, 1.54) is 4.90 Å². The minimum absolute atomic E-state index is 0.222. The third kappa shape index (κ3) is 2.91. The topological polar surface area (TPSA) is 69.6 Å². The summed E-state index contributed by atoms with van der Waals surface area (Å²) in [5.41, 5.74) is 1.97. The van der Waals surface area contributed by atoms with Gasteiger partial charge in [0.25, 0.3) is 0 Å². The zero-order chi connectivity index (χ0) is 14.5. The van der Waals surface area contributed by atoms with Crippen LogP contribution in [0.4, 0.5) is 4.79 Å². The molecule has 1 aromatic carbocycles. The van der Waals surface area contributed by atoms with Gasteiger partial charge in [0.2, 0.25) is 0 Å². The Morgan fingerprint density at radius 3 is 2.75 bits per heavy atom. The van der Waals surface area contributed by atoms with Crippen LogP contribution in [0.15, 0.2) is 24.3 Å². The molecule has 0 saturated heterocycles. The number of carboxylic acid groups (broad SMARTS) is 1. The molecule has 20 heavy (non-hydrogen) atoms. The fraction of sp³-hybridized carbons (Fsp3) is 0.333. The van der Waals surface area contributed by atoms with Crippen LogP contribution in [0.25, 0.3) is 0 Å². The van der Waals surface area contributed by atoms with Gasteiger partial charge in [0.15, 0.2) is 0 Å². The van der Waals surface area contributed by atoms with E-state index < -0.39 is 18.0 Å². The quantitative estimate of drug-likeness (QED) is 0.796. The molecule has 1 atom stereocenters. The van der Waals surface area contributed by atoms with Crippen molar-refractivity contribution in [3.8, 4) is 11.8 Å². The van der Waals surface area contributed by atoms with E-state index in [4.69, 9.17) is 0 Å². The summed E-state index contributed by atoms with van der Waals surface area (Å²) >= 11 is 0. The van der Waals surface area contributed by atoms with Crippen LogP contribution in [0.5, 0.6) is 0 Å². The molecule has 104 valence electrons. The molecule has 0 aliphatic carbocycles. The number of nitrogens with one attached hydrogen (secondary N) is 1. The van der Waals surface area contributed by atoms with E-state index in [-0.39, 0.29) is 6.54 Å². The molecule has 0 aromatic heterocycles. The highest BCUT2D eigenvalue weighted by Gasteiger charge is 2.34. The molecular formula is C15H16N2O3. The molecule has 0 radical (unpaired) electrons. The van der Waals surface area contributed by atoms with Crippen LogP contribution < -0.4 is 5.32 Å². The second kappa shape index (κ2) is 6.11. The first kappa shape index (κ1) is 13.9. The van der Waals surface area contributed by atoms with Crippen LogP contribution >= 0.6 is 0 Å². The minimum atomic E-state index is -0.990. The zero-order valence-electron chi connectivity index (χ0n) is 11.2. The van der Waals surface area contributed by atoms with Gasteiger partial charge < -0.3 is 15.3 Å². The first-order valence-corrected chi connectivity index (χ1v) is 6.37. The normalized spacial score (nSPS) is 16.6. The summed E-state index contributed by atoms with van der Waals surface area (Å²) in [6.07, 6.45) is 0.332. The van der Waals surface area contributed by atoms with E-state index in [1.54, 1.807) is 6.92 Å². The van der Waals surface area contributed by atoms with Gasteiger partial charge in [0.1, 0.15) is 6.04 Å². The van der Waals surface area contributed by atoms with Gasteiger partial charge in [-0.05, 0) is 18.1 Å². The van der Waals surface area contributed by atoms with Crippen molar-refractivity contribution in [1.29, 1.82) is 0 Å². The highest BCUT2D eigenvalue weighted by Crippen LogP contribution is 2.23. The number of carbonyl (C=O) groups is 2. The number of carboxylic acids is 1. The number of aliphatic carboxylic acids is 1. The minimum Gasteiger partial charge on any atom is -0.480 e. The number of urea groups is 1. The number of benzene rings is 1. The second-order valence-electron chi connectivity index (χ2n) is 4.54. The van der Waals surface area contributed by atoms with Crippen molar-refractivity contribution < 1.29 is 14.7 Å². The Balaban J connectivity index is 2.19. The monoisotopic (exact) mass is 272 g/mol. The van der Waals surface area contributed by atoms with Crippen LogP contribution in [-0.2, 0) is 17.8 Å². The van der Waals surface area contributed by atoms with E-state index in [1.807, 2.05) is 24.3 Å². The lowest BCUT2D eigenvalue weighted by Gasteiger charge is -2.34. The number of carbonyl (C=O) groups excluding carboxylic acids is 1. The molecule has 2 amide bonds. The van der Waals surface area contributed by atoms with E-state index in [2.05, 4.69) is 17.2 Å². The van der Waals surface area contributed by atoms with Crippen molar-refractivity contribution in [3.05, 3.63) is 35.4 Å². The van der Waals surface area contributed by atoms with Crippen molar-refractivity contribution in [2.45, 2.75) is 25.9 Å². The molecule has 2 rings (SSSR count). The van der Waals surface area contributed by atoms with Crippen molar-refractivity contribution in [3.63, 3.8) is 0 Å². The van der Waals surface area contributed by atoms with Crippen LogP contribution in [0.3, 0.4) is 0 Å². The average molecular weight is 272 g/mol. The standard InChI is InChI=1S/C15H16N2O3/c1-2-3-8-16-15(20)17-10-12-7-5-4-6-11(12)9-13(17)14(18)19/h4-7,13H,8-10H2,1H3,(H,16,20)(H,18,19)/t13-/m0/s1. The number of amides is 2. The summed E-state index contributed by atoms with van der Waals surface area (Å²) in [6.45, 7) is 2.21. The Morgan fingerprint density at radius 1 is 1.40 bits per heavy atom. The maximum atomic E-state index is 12.1. The number of nitrogens with zero attached hydrogens (tertiary/aromatic N) is 1. The Hall–Kier alpha value is -2.48. The Labute approximate surface area is 117 Å². The molecule has 5 heteroatoms. The van der Waals surface area contributed by atoms with Crippen molar-refractivity contribution in [2.75, 3.05) is 6.54 Å². The van der Waals surface area contributed by atoms with E-state index in [9.17, 15) is 14.7 Å². The second-order valence-corrected chi connectivity index (χ2v) is 4.54. The van der Waals surface area contributed by atoms with E-state index >= 15 is 0 Å². The lowest BCUT2D eigenvalue weighted by molar-refractivity contribution is -0.142. The Kier molecular flexibility index (Phi) is 4.26. The van der Waals surface area contributed by atoms with Gasteiger partial charge in [-0.1, -0.05) is 30.2 Å². The van der Waals surface area contributed by atoms with Crippen LogP contribution in [0.1, 0.15) is 18.1 Å². The number of hydrogen-bond acceptors (Lipinski definition) is 2. The van der Waals surface area contributed by atoms with Crippen LogP contribution in [0.2, 0.25) is 0 Å². The van der Waals surface area contributed by atoms with E-state index in [0.29, 0.717) is 13.0 Å². The molecule has 1 aliphatic rings. The molecular weight excluding hydrogens is 256 g/mol. The van der Waals surface area contributed by atoms with Crippen LogP contribution in [-0.4, -0.2) is 34.6 Å². The van der Waals surface area contributed by atoms with Crippen molar-refractivity contribution in [1.82, 2.24) is 10.2 Å². The van der Waals surface area contributed by atoms with Gasteiger partial charge >= 0.3 is 12.0 Å². The lowest BCUT2D eigenvalue weighted by Crippen LogP contribution is -2.52. The predicted molar refractivity (Wildman–Crippen MR) is 74.0 cm³/mol. The first-order valence-electron chi connectivity index (χ1n) is 6.37. The smallest absolute Gasteiger partial charge is 0.326 e. The summed E-state index contributed by atoms with van der Waals surface area (Å²) in [4.78, 5) is 24.8. The summed E-state index contributed by atoms with van der Waals surface area (Å²) in [7, 11) is 0. The highest BCUT2D eigenvalue weighted by molar-refractivity contribution is 5.83. The largest absolute Gasteiger partial charge is 0.480 e. The van der Waals surface area contributed by atoms with Gasteiger partial charge in [0, 0.05) is 13.0 Å². The summed E-state index contributed by atoms with van der Waals surface area (Å²) < 4.78 is 0. The lowest BCUT2D eigenvalue weighted by atomic mass is 9.94. The number of rotatable bonds is 2. The zero-order valence-corrected chi connectivity index (χ0v) is 11.2. The third-order valence-corrected chi connectivity index (χ3v) is 3.30. The maximum absolute atomic E-state index is 12.1. The van der Waals surface area contributed by atoms with Crippen LogP contribution in [0, 0.1) is 11.8 Å². The average Bonchev–Trinajstić information content (AvgIpc) is 2.46.